The van der Waals surface area contributed by atoms with E-state index in [1.807, 2.05) is 6.92 Å². The van der Waals surface area contributed by atoms with Crippen molar-refractivity contribution >= 4 is 17.5 Å². The molecule has 5 nitrogen and oxygen atoms in total. The number of nitrogen functional groups attached to an aromatic ring is 1. The highest BCUT2D eigenvalue weighted by Gasteiger charge is 2.08. The van der Waals surface area contributed by atoms with Crippen LogP contribution in [0.5, 0.6) is 0 Å². The van der Waals surface area contributed by atoms with Crippen LogP contribution in [0.25, 0.3) is 0 Å². The van der Waals surface area contributed by atoms with Gasteiger partial charge in [-0.1, -0.05) is 6.07 Å². The number of hydrogen-bond acceptors (Lipinski definition) is 3. The molecule has 0 bridgehead atoms. The van der Waals surface area contributed by atoms with Crippen LogP contribution in [-0.4, -0.2) is 18.4 Å². The van der Waals surface area contributed by atoms with Crippen molar-refractivity contribution in [1.29, 1.82) is 0 Å². The van der Waals surface area contributed by atoms with Crippen molar-refractivity contribution < 1.29 is 9.59 Å². The Morgan fingerprint density at radius 3 is 2.69 bits per heavy atom. The highest BCUT2D eigenvalue weighted by molar-refractivity contribution is 5.96. The lowest BCUT2D eigenvalue weighted by atomic mass is 10.1. The van der Waals surface area contributed by atoms with Crippen LogP contribution >= 0.6 is 0 Å². The third-order valence-corrected chi connectivity index (χ3v) is 2.16. The molecule has 0 aromatic heterocycles. The topological polar surface area (TPSA) is 98.2 Å². The Hall–Kier alpha value is -2.04. The molecule has 0 unspecified atom stereocenters. The Morgan fingerprint density at radius 1 is 1.38 bits per heavy atom. The molecular formula is C11H15N3O2. The third kappa shape index (κ3) is 3.27. The second kappa shape index (κ2) is 5.16. The van der Waals surface area contributed by atoms with Crippen molar-refractivity contribution in [1.82, 2.24) is 5.32 Å². The quantitative estimate of drug-likeness (QED) is 0.632. The predicted octanol–water partition coefficient (Wildman–Crippen LogP) is 0.182. The van der Waals surface area contributed by atoms with Crippen LogP contribution in [0.15, 0.2) is 18.2 Å². The van der Waals surface area contributed by atoms with Gasteiger partial charge in [0, 0.05) is 24.2 Å². The standard InChI is InChI=1S/C11H15N3O2/c1-7-2-3-8(12)6-9(7)11(16)14-5-4-10(13)15/h2-3,6H,4-5,12H2,1H3,(H2,13,15)(H,14,16). The summed E-state index contributed by atoms with van der Waals surface area (Å²) in [6.45, 7) is 2.06. The first kappa shape index (κ1) is 12.0. The maximum atomic E-state index is 11.7. The fourth-order valence-corrected chi connectivity index (χ4v) is 1.28. The molecule has 0 aliphatic carbocycles. The third-order valence-electron chi connectivity index (χ3n) is 2.16. The number of primary amides is 1. The summed E-state index contributed by atoms with van der Waals surface area (Å²) in [7, 11) is 0. The van der Waals surface area contributed by atoms with Crippen molar-refractivity contribution in [3.8, 4) is 0 Å². The van der Waals surface area contributed by atoms with Crippen molar-refractivity contribution in [2.24, 2.45) is 5.73 Å². The van der Waals surface area contributed by atoms with Gasteiger partial charge in [0.25, 0.3) is 5.91 Å². The summed E-state index contributed by atoms with van der Waals surface area (Å²) < 4.78 is 0. The molecule has 2 amide bonds. The minimum absolute atomic E-state index is 0.132. The number of nitrogens with two attached hydrogens (primary N) is 2. The summed E-state index contributed by atoms with van der Waals surface area (Å²) in [5.74, 6) is -0.685. The molecule has 1 aromatic carbocycles. The van der Waals surface area contributed by atoms with E-state index >= 15 is 0 Å². The van der Waals surface area contributed by atoms with Crippen molar-refractivity contribution in [2.75, 3.05) is 12.3 Å². The van der Waals surface area contributed by atoms with Crippen LogP contribution in [0.4, 0.5) is 5.69 Å². The van der Waals surface area contributed by atoms with E-state index in [0.29, 0.717) is 11.3 Å². The highest BCUT2D eigenvalue weighted by Crippen LogP contribution is 2.12. The summed E-state index contributed by atoms with van der Waals surface area (Å²) in [6, 6.07) is 5.11. The van der Waals surface area contributed by atoms with Crippen LogP contribution in [0, 0.1) is 6.92 Å². The Labute approximate surface area is 93.8 Å². The van der Waals surface area contributed by atoms with Gasteiger partial charge >= 0.3 is 0 Å². The van der Waals surface area contributed by atoms with Crippen LogP contribution in [0.1, 0.15) is 22.3 Å². The molecule has 0 aliphatic heterocycles. The molecule has 0 spiro atoms. The maximum absolute atomic E-state index is 11.7. The molecule has 0 saturated carbocycles. The molecule has 0 radical (unpaired) electrons. The van der Waals surface area contributed by atoms with Gasteiger partial charge in [-0.15, -0.1) is 0 Å². The average Bonchev–Trinajstić information content (AvgIpc) is 2.21. The Bertz CT molecular complexity index is 416. The molecular weight excluding hydrogens is 206 g/mol. The number of hydrogen-bond donors (Lipinski definition) is 3. The van der Waals surface area contributed by atoms with Gasteiger partial charge in [0.2, 0.25) is 5.91 Å². The highest BCUT2D eigenvalue weighted by atomic mass is 16.2. The van der Waals surface area contributed by atoms with Gasteiger partial charge < -0.3 is 16.8 Å². The Balaban J connectivity index is 2.65. The molecule has 0 heterocycles. The van der Waals surface area contributed by atoms with E-state index in [4.69, 9.17) is 11.5 Å². The first-order chi connectivity index (χ1) is 7.50. The summed E-state index contributed by atoms with van der Waals surface area (Å²) in [5, 5.41) is 2.60. The first-order valence-electron chi connectivity index (χ1n) is 4.93. The van der Waals surface area contributed by atoms with Gasteiger partial charge in [0.15, 0.2) is 0 Å². The van der Waals surface area contributed by atoms with E-state index in [9.17, 15) is 9.59 Å². The van der Waals surface area contributed by atoms with Crippen molar-refractivity contribution in [3.05, 3.63) is 29.3 Å². The molecule has 5 heteroatoms. The minimum atomic E-state index is -0.440. The summed E-state index contributed by atoms with van der Waals surface area (Å²) in [5.41, 5.74) is 12.4. The SMILES string of the molecule is Cc1ccc(N)cc1C(=O)NCCC(N)=O. The Kier molecular flexibility index (Phi) is 3.88. The number of aryl methyl sites for hydroxylation is 1. The molecule has 0 atom stereocenters. The van der Waals surface area contributed by atoms with Crippen molar-refractivity contribution in [3.63, 3.8) is 0 Å². The normalized spacial score (nSPS) is 9.81. The maximum Gasteiger partial charge on any atom is 0.251 e. The molecule has 0 saturated heterocycles. The van der Waals surface area contributed by atoms with Crippen LogP contribution < -0.4 is 16.8 Å². The second-order valence-electron chi connectivity index (χ2n) is 3.55. The molecule has 1 rings (SSSR count). The Morgan fingerprint density at radius 2 is 2.06 bits per heavy atom. The van der Waals surface area contributed by atoms with Gasteiger partial charge in [-0.3, -0.25) is 9.59 Å². The zero-order valence-electron chi connectivity index (χ0n) is 9.12. The number of carbonyl (C=O) groups is 2. The van der Waals surface area contributed by atoms with Gasteiger partial charge in [-0.2, -0.15) is 0 Å². The smallest absolute Gasteiger partial charge is 0.251 e. The van der Waals surface area contributed by atoms with E-state index in [1.54, 1.807) is 18.2 Å². The van der Waals surface area contributed by atoms with Gasteiger partial charge in [0.05, 0.1) is 0 Å². The van der Waals surface area contributed by atoms with Gasteiger partial charge in [-0.25, -0.2) is 0 Å². The monoisotopic (exact) mass is 221 g/mol. The van der Waals surface area contributed by atoms with E-state index < -0.39 is 5.91 Å². The van der Waals surface area contributed by atoms with Crippen LogP contribution in [0.3, 0.4) is 0 Å². The first-order valence-corrected chi connectivity index (χ1v) is 4.93. The average molecular weight is 221 g/mol. The summed E-state index contributed by atoms with van der Waals surface area (Å²) >= 11 is 0. The lowest BCUT2D eigenvalue weighted by Gasteiger charge is -2.07. The van der Waals surface area contributed by atoms with Crippen LogP contribution in [0.2, 0.25) is 0 Å². The zero-order chi connectivity index (χ0) is 12.1. The zero-order valence-corrected chi connectivity index (χ0v) is 9.12. The fraction of sp³-hybridized carbons (Fsp3) is 0.273. The summed E-state index contributed by atoms with van der Waals surface area (Å²) in [6.07, 6.45) is 0.132. The molecule has 86 valence electrons. The van der Waals surface area contributed by atoms with E-state index in [1.165, 1.54) is 0 Å². The molecule has 0 fully saturated rings. The van der Waals surface area contributed by atoms with Gasteiger partial charge in [-0.05, 0) is 24.6 Å². The number of rotatable bonds is 4. The summed E-state index contributed by atoms with van der Waals surface area (Å²) in [4.78, 5) is 22.2. The number of nitrogens with one attached hydrogen (secondary N) is 1. The lowest BCUT2D eigenvalue weighted by Crippen LogP contribution is -2.28. The number of carbonyl (C=O) groups excluding carboxylic acids is 2. The van der Waals surface area contributed by atoms with Crippen LogP contribution in [-0.2, 0) is 4.79 Å². The van der Waals surface area contributed by atoms with E-state index in [-0.39, 0.29) is 18.9 Å². The van der Waals surface area contributed by atoms with Crippen molar-refractivity contribution in [2.45, 2.75) is 13.3 Å². The molecule has 16 heavy (non-hydrogen) atoms. The van der Waals surface area contributed by atoms with E-state index in [2.05, 4.69) is 5.32 Å². The van der Waals surface area contributed by atoms with Gasteiger partial charge in [0.1, 0.15) is 0 Å². The van der Waals surface area contributed by atoms with E-state index in [0.717, 1.165) is 5.56 Å². The minimum Gasteiger partial charge on any atom is -0.399 e. The fourth-order valence-electron chi connectivity index (χ4n) is 1.28. The predicted molar refractivity (Wildman–Crippen MR) is 61.7 cm³/mol. The molecule has 0 aliphatic rings. The molecule has 5 N–H and O–H groups in total. The number of anilines is 1. The molecule has 1 aromatic rings. The largest absolute Gasteiger partial charge is 0.399 e. The number of benzene rings is 1. The lowest BCUT2D eigenvalue weighted by molar-refractivity contribution is -0.117. The second-order valence-corrected chi connectivity index (χ2v) is 3.55. The number of amides is 2.